The van der Waals surface area contributed by atoms with E-state index in [1.165, 1.54) is 14.0 Å². The van der Waals surface area contributed by atoms with Gasteiger partial charge in [0.05, 0.1) is 7.11 Å². The maximum atomic E-state index is 13.1. The SMILES string of the molecule is COC(=O)[C@H](CC(C)C)NC(=O)C(Cc1ccccc1)NC(=O)[C@H](CC(C)C)NC(C)=O. The third kappa shape index (κ3) is 9.94. The molecule has 0 saturated heterocycles. The highest BCUT2D eigenvalue weighted by Gasteiger charge is 2.30. The van der Waals surface area contributed by atoms with Gasteiger partial charge < -0.3 is 20.7 Å². The van der Waals surface area contributed by atoms with Crippen LogP contribution in [0.2, 0.25) is 0 Å². The molecule has 1 aromatic carbocycles. The molecule has 0 fully saturated rings. The standard InChI is InChI=1S/C24H37N3O5/c1-15(2)12-19(25-17(5)28)22(29)26-20(14-18-10-8-7-9-11-18)23(30)27-21(13-16(3)4)24(31)32-6/h7-11,15-16,19-21H,12-14H2,1-6H3,(H,25,28)(H,26,29)(H,27,30)/t19-,20?,21-/m0/s1. The van der Waals surface area contributed by atoms with Crippen LogP contribution in [0.4, 0.5) is 0 Å². The van der Waals surface area contributed by atoms with Crippen molar-refractivity contribution in [2.75, 3.05) is 7.11 Å². The molecule has 0 saturated carbocycles. The lowest BCUT2D eigenvalue weighted by atomic mass is 10.00. The third-order valence-electron chi connectivity index (χ3n) is 4.83. The molecule has 0 bridgehead atoms. The quantitative estimate of drug-likeness (QED) is 0.424. The van der Waals surface area contributed by atoms with E-state index in [1.54, 1.807) is 0 Å². The van der Waals surface area contributed by atoms with Crippen LogP contribution in [0.5, 0.6) is 0 Å². The van der Waals surface area contributed by atoms with E-state index < -0.39 is 35.9 Å². The first-order valence-corrected chi connectivity index (χ1v) is 11.0. The van der Waals surface area contributed by atoms with Crippen LogP contribution in [0.3, 0.4) is 0 Å². The largest absolute Gasteiger partial charge is 0.467 e. The fraction of sp³-hybridized carbons (Fsp3) is 0.583. The van der Waals surface area contributed by atoms with Crippen LogP contribution in [0.1, 0.15) is 53.0 Å². The van der Waals surface area contributed by atoms with E-state index in [-0.39, 0.29) is 24.2 Å². The van der Waals surface area contributed by atoms with Gasteiger partial charge in [-0.25, -0.2) is 4.79 Å². The van der Waals surface area contributed by atoms with E-state index in [0.717, 1.165) is 5.56 Å². The Morgan fingerprint density at radius 3 is 1.78 bits per heavy atom. The Kier molecular flexibility index (Phi) is 11.4. The van der Waals surface area contributed by atoms with E-state index in [9.17, 15) is 19.2 Å². The zero-order valence-corrected chi connectivity index (χ0v) is 19.9. The van der Waals surface area contributed by atoms with Crippen LogP contribution >= 0.6 is 0 Å². The average molecular weight is 448 g/mol. The molecule has 3 amide bonds. The minimum atomic E-state index is -0.923. The highest BCUT2D eigenvalue weighted by Crippen LogP contribution is 2.10. The summed E-state index contributed by atoms with van der Waals surface area (Å²) in [7, 11) is 1.27. The van der Waals surface area contributed by atoms with Crippen molar-refractivity contribution in [2.45, 2.75) is 72.0 Å². The fourth-order valence-electron chi connectivity index (χ4n) is 3.38. The zero-order valence-electron chi connectivity index (χ0n) is 19.9. The van der Waals surface area contributed by atoms with Gasteiger partial charge >= 0.3 is 5.97 Å². The normalized spacial score (nSPS) is 13.8. The van der Waals surface area contributed by atoms with E-state index in [2.05, 4.69) is 16.0 Å². The van der Waals surface area contributed by atoms with Gasteiger partial charge in [-0.2, -0.15) is 0 Å². The first kappa shape index (κ1) is 27.1. The summed E-state index contributed by atoms with van der Waals surface area (Å²) in [6.45, 7) is 9.12. The minimum Gasteiger partial charge on any atom is -0.467 e. The maximum absolute atomic E-state index is 13.1. The molecule has 1 rings (SSSR count). The third-order valence-corrected chi connectivity index (χ3v) is 4.83. The van der Waals surface area contributed by atoms with Gasteiger partial charge in [0.1, 0.15) is 18.1 Å². The molecular formula is C24H37N3O5. The molecular weight excluding hydrogens is 410 g/mol. The second-order valence-corrected chi connectivity index (χ2v) is 8.85. The summed E-state index contributed by atoms with van der Waals surface area (Å²) >= 11 is 0. The van der Waals surface area contributed by atoms with E-state index in [4.69, 9.17) is 4.74 Å². The molecule has 0 radical (unpaired) electrons. The molecule has 0 aliphatic rings. The summed E-state index contributed by atoms with van der Waals surface area (Å²) in [6.07, 6.45) is 1.08. The number of carbonyl (C=O) groups is 4. The average Bonchev–Trinajstić information content (AvgIpc) is 2.71. The van der Waals surface area contributed by atoms with Crippen LogP contribution in [0, 0.1) is 11.8 Å². The number of hydrogen-bond donors (Lipinski definition) is 3. The first-order chi connectivity index (χ1) is 15.0. The number of rotatable bonds is 12. The van der Waals surface area contributed by atoms with Crippen molar-refractivity contribution in [3.63, 3.8) is 0 Å². The first-order valence-electron chi connectivity index (χ1n) is 11.0. The molecule has 1 unspecified atom stereocenters. The van der Waals surface area contributed by atoms with Crippen molar-refractivity contribution in [2.24, 2.45) is 11.8 Å². The Morgan fingerprint density at radius 1 is 0.781 bits per heavy atom. The fourth-order valence-corrected chi connectivity index (χ4v) is 3.38. The summed E-state index contributed by atoms with van der Waals surface area (Å²) in [5, 5.41) is 8.16. The monoisotopic (exact) mass is 447 g/mol. The summed E-state index contributed by atoms with van der Waals surface area (Å²) in [6, 6.07) is 6.78. The van der Waals surface area contributed by atoms with Gasteiger partial charge in [0.2, 0.25) is 17.7 Å². The number of esters is 1. The summed E-state index contributed by atoms with van der Waals surface area (Å²) in [4.78, 5) is 49.9. The molecule has 0 aliphatic carbocycles. The van der Waals surface area contributed by atoms with Gasteiger partial charge in [0.25, 0.3) is 0 Å². The lowest BCUT2D eigenvalue weighted by Gasteiger charge is -2.26. The molecule has 0 aromatic heterocycles. The molecule has 1 aromatic rings. The minimum absolute atomic E-state index is 0.150. The number of methoxy groups -OCH3 is 1. The molecule has 0 heterocycles. The number of benzene rings is 1. The van der Waals surface area contributed by atoms with Crippen molar-refractivity contribution in [1.29, 1.82) is 0 Å². The number of amides is 3. The predicted molar refractivity (Wildman–Crippen MR) is 123 cm³/mol. The number of ether oxygens (including phenoxy) is 1. The van der Waals surface area contributed by atoms with Gasteiger partial charge in [-0.3, -0.25) is 14.4 Å². The summed E-state index contributed by atoms with van der Waals surface area (Å²) < 4.78 is 4.83. The van der Waals surface area contributed by atoms with Crippen LogP contribution in [0.25, 0.3) is 0 Å². The Balaban J connectivity index is 3.09. The Morgan fingerprint density at radius 2 is 1.28 bits per heavy atom. The van der Waals surface area contributed by atoms with Crippen molar-refractivity contribution >= 4 is 23.7 Å². The van der Waals surface area contributed by atoms with E-state index in [0.29, 0.717) is 12.8 Å². The highest BCUT2D eigenvalue weighted by molar-refractivity contribution is 5.93. The lowest BCUT2D eigenvalue weighted by molar-refractivity contribution is -0.146. The zero-order chi connectivity index (χ0) is 24.3. The van der Waals surface area contributed by atoms with Crippen LogP contribution < -0.4 is 16.0 Å². The van der Waals surface area contributed by atoms with Gasteiger partial charge in [0.15, 0.2) is 0 Å². The number of carbonyl (C=O) groups excluding carboxylic acids is 4. The second-order valence-electron chi connectivity index (χ2n) is 8.85. The molecule has 8 nitrogen and oxygen atoms in total. The maximum Gasteiger partial charge on any atom is 0.328 e. The van der Waals surface area contributed by atoms with Crippen LogP contribution in [-0.4, -0.2) is 48.9 Å². The molecule has 3 N–H and O–H groups in total. The predicted octanol–water partition coefficient (Wildman–Crippen LogP) is 1.97. The Hall–Kier alpha value is -2.90. The number of nitrogens with one attached hydrogen (secondary N) is 3. The highest BCUT2D eigenvalue weighted by atomic mass is 16.5. The van der Waals surface area contributed by atoms with E-state index in [1.807, 2.05) is 58.0 Å². The Labute approximate surface area is 190 Å². The van der Waals surface area contributed by atoms with Crippen molar-refractivity contribution in [3.05, 3.63) is 35.9 Å². The molecule has 0 aliphatic heterocycles. The summed E-state index contributed by atoms with van der Waals surface area (Å²) in [5.41, 5.74) is 0.853. The van der Waals surface area contributed by atoms with Gasteiger partial charge in [-0.15, -0.1) is 0 Å². The Bertz CT molecular complexity index is 764. The summed E-state index contributed by atoms with van der Waals surface area (Å²) in [5.74, 6) is -1.47. The molecule has 32 heavy (non-hydrogen) atoms. The van der Waals surface area contributed by atoms with Gasteiger partial charge in [-0.1, -0.05) is 58.0 Å². The molecule has 0 spiro atoms. The van der Waals surface area contributed by atoms with Crippen LogP contribution in [0.15, 0.2) is 30.3 Å². The van der Waals surface area contributed by atoms with Crippen LogP contribution in [-0.2, 0) is 30.3 Å². The number of hydrogen-bond acceptors (Lipinski definition) is 5. The van der Waals surface area contributed by atoms with Crippen molar-refractivity contribution in [3.8, 4) is 0 Å². The van der Waals surface area contributed by atoms with Crippen molar-refractivity contribution < 1.29 is 23.9 Å². The van der Waals surface area contributed by atoms with Crippen molar-refractivity contribution in [1.82, 2.24) is 16.0 Å². The topological polar surface area (TPSA) is 114 Å². The van der Waals surface area contributed by atoms with Gasteiger partial charge in [0, 0.05) is 13.3 Å². The van der Waals surface area contributed by atoms with E-state index >= 15 is 0 Å². The molecule has 3 atom stereocenters. The smallest absolute Gasteiger partial charge is 0.328 e. The molecule has 178 valence electrons. The second kappa shape index (κ2) is 13.5. The van der Waals surface area contributed by atoms with Gasteiger partial charge in [-0.05, 0) is 30.2 Å². The molecule has 8 heteroatoms. The lowest BCUT2D eigenvalue weighted by Crippen LogP contribution is -2.56.